The van der Waals surface area contributed by atoms with Gasteiger partial charge in [0, 0.05) is 31.7 Å². The summed E-state index contributed by atoms with van der Waals surface area (Å²) in [6.07, 6.45) is -0.185. The lowest BCUT2D eigenvalue weighted by Gasteiger charge is -2.45. The molecule has 2 atom stereocenters. The molecule has 1 rings (SSSR count). The van der Waals surface area contributed by atoms with Gasteiger partial charge in [0.25, 0.3) is 0 Å². The van der Waals surface area contributed by atoms with Crippen molar-refractivity contribution in [3.05, 3.63) is 0 Å². The Morgan fingerprint density at radius 3 is 2.05 bits per heavy atom. The van der Waals surface area contributed by atoms with Crippen LogP contribution in [0.3, 0.4) is 0 Å². The topological polar surface area (TPSA) is 32.8 Å². The summed E-state index contributed by atoms with van der Waals surface area (Å²) < 4.78 is 5.46. The van der Waals surface area contributed by atoms with Gasteiger partial charge in [-0.05, 0) is 40.5 Å². The molecule has 0 aromatic rings. The quantitative estimate of drug-likeness (QED) is 0.773. The van der Waals surface area contributed by atoms with Gasteiger partial charge in [0.1, 0.15) is 5.60 Å². The summed E-state index contributed by atoms with van der Waals surface area (Å²) in [5.41, 5.74) is -0.418. The van der Waals surface area contributed by atoms with Gasteiger partial charge < -0.3 is 9.64 Å². The van der Waals surface area contributed by atoms with E-state index >= 15 is 0 Å². The van der Waals surface area contributed by atoms with Gasteiger partial charge >= 0.3 is 6.09 Å². The molecule has 112 valence electrons. The van der Waals surface area contributed by atoms with E-state index in [1.54, 1.807) is 0 Å². The van der Waals surface area contributed by atoms with Gasteiger partial charge in [0.05, 0.1) is 0 Å². The van der Waals surface area contributed by atoms with Gasteiger partial charge in [-0.1, -0.05) is 13.8 Å². The largest absolute Gasteiger partial charge is 0.444 e. The minimum absolute atomic E-state index is 0.185. The maximum Gasteiger partial charge on any atom is 0.410 e. The fourth-order valence-corrected chi connectivity index (χ4v) is 2.61. The minimum Gasteiger partial charge on any atom is -0.444 e. The van der Waals surface area contributed by atoms with E-state index in [1.165, 1.54) is 0 Å². The second kappa shape index (κ2) is 6.12. The minimum atomic E-state index is -0.418. The number of carbonyl (C=O) groups is 1. The van der Waals surface area contributed by atoms with E-state index in [4.69, 9.17) is 4.74 Å². The first-order valence-corrected chi connectivity index (χ1v) is 7.34. The Hall–Kier alpha value is -0.770. The molecule has 4 nitrogen and oxygen atoms in total. The van der Waals surface area contributed by atoms with Crippen LogP contribution in [-0.2, 0) is 4.74 Å². The van der Waals surface area contributed by atoms with Crippen molar-refractivity contribution < 1.29 is 9.53 Å². The number of hydrogen-bond acceptors (Lipinski definition) is 3. The molecule has 2 unspecified atom stereocenters. The van der Waals surface area contributed by atoms with Crippen molar-refractivity contribution in [1.82, 2.24) is 9.80 Å². The van der Waals surface area contributed by atoms with Crippen molar-refractivity contribution in [3.8, 4) is 0 Å². The third-order valence-corrected chi connectivity index (χ3v) is 3.33. The van der Waals surface area contributed by atoms with E-state index in [0.717, 1.165) is 19.6 Å². The molecule has 0 saturated carbocycles. The normalized spacial score (nSPS) is 25.8. The van der Waals surface area contributed by atoms with E-state index in [9.17, 15) is 4.79 Å². The van der Waals surface area contributed by atoms with Gasteiger partial charge in [-0.25, -0.2) is 4.79 Å². The molecular formula is C15H30N2O2. The Balaban J connectivity index is 2.61. The predicted molar refractivity (Wildman–Crippen MR) is 78.3 cm³/mol. The van der Waals surface area contributed by atoms with Gasteiger partial charge in [0.15, 0.2) is 0 Å². The van der Waals surface area contributed by atoms with Crippen LogP contribution in [0, 0.1) is 5.92 Å². The summed E-state index contributed by atoms with van der Waals surface area (Å²) in [5, 5.41) is 0. The van der Waals surface area contributed by atoms with Gasteiger partial charge in [0.2, 0.25) is 0 Å². The fraction of sp³-hybridized carbons (Fsp3) is 0.933. The van der Waals surface area contributed by atoms with Crippen LogP contribution in [0.25, 0.3) is 0 Å². The zero-order chi connectivity index (χ0) is 14.8. The number of nitrogens with zero attached hydrogens (tertiary/aromatic N) is 2. The third kappa shape index (κ3) is 5.01. The smallest absolute Gasteiger partial charge is 0.410 e. The summed E-state index contributed by atoms with van der Waals surface area (Å²) in [4.78, 5) is 16.5. The highest BCUT2D eigenvalue weighted by atomic mass is 16.6. The average Bonchev–Trinajstić information content (AvgIpc) is 2.20. The molecule has 1 heterocycles. The van der Waals surface area contributed by atoms with Crippen LogP contribution in [0.2, 0.25) is 0 Å². The van der Waals surface area contributed by atoms with Crippen molar-refractivity contribution in [1.29, 1.82) is 0 Å². The van der Waals surface area contributed by atoms with E-state index in [2.05, 4.69) is 32.6 Å². The fourth-order valence-electron chi connectivity index (χ4n) is 2.61. The molecule has 0 bridgehead atoms. The molecule has 1 saturated heterocycles. The Kier molecular flexibility index (Phi) is 5.25. The van der Waals surface area contributed by atoms with Crippen molar-refractivity contribution in [3.63, 3.8) is 0 Å². The van der Waals surface area contributed by atoms with Gasteiger partial charge in [-0.15, -0.1) is 0 Å². The first-order valence-electron chi connectivity index (χ1n) is 7.34. The van der Waals surface area contributed by atoms with Crippen molar-refractivity contribution in [2.24, 2.45) is 5.92 Å². The summed E-state index contributed by atoms with van der Waals surface area (Å²) in [6, 6.07) is 0.775. The molecule has 0 aromatic carbocycles. The van der Waals surface area contributed by atoms with E-state index < -0.39 is 5.60 Å². The number of rotatable bonds is 2. The van der Waals surface area contributed by atoms with Crippen molar-refractivity contribution in [2.75, 3.05) is 19.6 Å². The van der Waals surface area contributed by atoms with Gasteiger partial charge in [-0.2, -0.15) is 0 Å². The molecule has 0 aliphatic carbocycles. The zero-order valence-electron chi connectivity index (χ0n) is 13.6. The number of amides is 1. The molecule has 0 N–H and O–H groups in total. The highest BCUT2D eigenvalue weighted by Crippen LogP contribution is 2.19. The molecule has 0 radical (unpaired) electrons. The second-order valence-electron chi connectivity index (χ2n) is 7.17. The predicted octanol–water partition coefficient (Wildman–Crippen LogP) is 2.97. The van der Waals surface area contributed by atoms with Crippen LogP contribution in [0.5, 0.6) is 0 Å². The average molecular weight is 270 g/mol. The second-order valence-corrected chi connectivity index (χ2v) is 7.17. The van der Waals surface area contributed by atoms with Crippen LogP contribution in [0.4, 0.5) is 4.79 Å². The summed E-state index contributed by atoms with van der Waals surface area (Å²) in [7, 11) is 0. The Bertz CT molecular complexity index is 298. The molecule has 19 heavy (non-hydrogen) atoms. The van der Waals surface area contributed by atoms with Crippen molar-refractivity contribution in [2.45, 2.75) is 66.2 Å². The summed E-state index contributed by atoms with van der Waals surface area (Å²) in [6.45, 7) is 17.2. The van der Waals surface area contributed by atoms with Crippen LogP contribution >= 0.6 is 0 Å². The number of hydrogen-bond donors (Lipinski definition) is 0. The van der Waals surface area contributed by atoms with Crippen molar-refractivity contribution >= 4 is 6.09 Å². The number of carbonyl (C=O) groups excluding carboxylic acids is 1. The standard InChI is InChI=1S/C15H30N2O2/c1-11(2)8-17-12(3)9-16(10-13(17)4)14(18)19-15(5,6)7/h11-13H,8-10H2,1-7H3. The Morgan fingerprint density at radius 1 is 1.21 bits per heavy atom. The van der Waals surface area contributed by atoms with E-state index in [-0.39, 0.29) is 6.09 Å². The zero-order valence-corrected chi connectivity index (χ0v) is 13.6. The van der Waals surface area contributed by atoms with E-state index in [1.807, 2.05) is 25.7 Å². The summed E-state index contributed by atoms with van der Waals surface area (Å²) >= 11 is 0. The monoisotopic (exact) mass is 270 g/mol. The molecule has 0 spiro atoms. The van der Waals surface area contributed by atoms with Crippen LogP contribution < -0.4 is 0 Å². The Labute approximate surface area is 118 Å². The lowest BCUT2D eigenvalue weighted by atomic mass is 10.1. The molecule has 1 aliphatic heterocycles. The summed E-state index contributed by atoms with van der Waals surface area (Å²) in [5.74, 6) is 0.651. The van der Waals surface area contributed by atoms with E-state index in [0.29, 0.717) is 18.0 Å². The number of piperazine rings is 1. The van der Waals surface area contributed by atoms with Crippen LogP contribution in [0.15, 0.2) is 0 Å². The highest BCUT2D eigenvalue weighted by Gasteiger charge is 2.33. The maximum atomic E-state index is 12.1. The van der Waals surface area contributed by atoms with Crippen LogP contribution in [-0.4, -0.2) is 53.2 Å². The lowest BCUT2D eigenvalue weighted by Crippen LogP contribution is -2.59. The first-order chi connectivity index (χ1) is 8.60. The molecule has 4 heteroatoms. The molecule has 1 amide bonds. The Morgan fingerprint density at radius 2 is 1.68 bits per heavy atom. The lowest BCUT2D eigenvalue weighted by molar-refractivity contribution is -0.0101. The molecule has 0 aromatic heterocycles. The maximum absolute atomic E-state index is 12.1. The highest BCUT2D eigenvalue weighted by molar-refractivity contribution is 5.68. The first kappa shape index (κ1) is 16.3. The van der Waals surface area contributed by atoms with Crippen LogP contribution in [0.1, 0.15) is 48.5 Å². The third-order valence-electron chi connectivity index (χ3n) is 3.33. The van der Waals surface area contributed by atoms with Gasteiger partial charge in [-0.3, -0.25) is 4.90 Å². The number of ether oxygens (including phenoxy) is 1. The molecule has 1 fully saturated rings. The SMILES string of the molecule is CC(C)CN1C(C)CN(C(=O)OC(C)(C)C)CC1C. The molecular weight excluding hydrogens is 240 g/mol. The molecule has 1 aliphatic rings.